The van der Waals surface area contributed by atoms with Crippen LogP contribution in [0.5, 0.6) is 0 Å². The molecule has 2 fully saturated rings. The lowest BCUT2D eigenvalue weighted by molar-refractivity contribution is -0.777. The highest BCUT2D eigenvalue weighted by Crippen LogP contribution is 2.42. The van der Waals surface area contributed by atoms with Crippen LogP contribution in [0.2, 0.25) is 0 Å². The van der Waals surface area contributed by atoms with Gasteiger partial charge in [0.1, 0.15) is 25.0 Å². The average Bonchev–Trinajstić information content (AvgIpc) is 3.34. The first kappa shape index (κ1) is 26.9. The summed E-state index contributed by atoms with van der Waals surface area (Å²) in [6.45, 7) is 3.98. The maximum absolute atomic E-state index is 13.2. The average molecular weight is 528 g/mol. The van der Waals surface area contributed by atoms with Crippen molar-refractivity contribution in [2.24, 2.45) is 0 Å². The Morgan fingerprint density at radius 2 is 1.83 bits per heavy atom. The molecule has 2 aliphatic heterocycles. The zero-order chi connectivity index (χ0) is 25.5. The minimum atomic E-state index is -0.901. The van der Waals surface area contributed by atoms with Crippen molar-refractivity contribution in [1.29, 1.82) is 0 Å². The summed E-state index contributed by atoms with van der Waals surface area (Å²) in [7, 11) is 0. The molecule has 2 aliphatic rings. The van der Waals surface area contributed by atoms with Gasteiger partial charge in [-0.2, -0.15) is 0 Å². The predicted molar refractivity (Wildman–Crippen MR) is 120 cm³/mol. The number of benzene rings is 1. The molecule has 0 spiro atoms. The molecule has 2 saturated heterocycles. The molecule has 1 aromatic heterocycles. The number of aromatic nitrogens is 2. The molecular formula is C22H27N2O11S-. The summed E-state index contributed by atoms with van der Waals surface area (Å²) in [5, 5.41) is 12.9. The van der Waals surface area contributed by atoms with Crippen LogP contribution in [0.15, 0.2) is 52.2 Å². The molecule has 1 unspecified atom stereocenters. The maximum atomic E-state index is 13.2. The van der Waals surface area contributed by atoms with Crippen molar-refractivity contribution < 1.29 is 42.5 Å². The van der Waals surface area contributed by atoms with Crippen molar-refractivity contribution >= 4 is 12.3 Å². The van der Waals surface area contributed by atoms with Gasteiger partial charge in [-0.15, -0.1) is 4.33 Å². The Balaban J connectivity index is 1.43. The summed E-state index contributed by atoms with van der Waals surface area (Å²) in [4.78, 5) is 25.7. The van der Waals surface area contributed by atoms with Gasteiger partial charge in [0.2, 0.25) is 0 Å². The first-order valence-electron chi connectivity index (χ1n) is 11.2. The molecule has 0 radical (unpaired) electrons. The van der Waals surface area contributed by atoms with Gasteiger partial charge in [0.25, 0.3) is 5.56 Å². The van der Waals surface area contributed by atoms with E-state index in [-0.39, 0.29) is 33.2 Å². The third-order valence-electron chi connectivity index (χ3n) is 5.52. The Bertz CT molecular complexity index is 1090. The molecular weight excluding hydrogens is 500 g/mol. The van der Waals surface area contributed by atoms with Crippen LogP contribution in [-0.2, 0) is 50.6 Å². The summed E-state index contributed by atoms with van der Waals surface area (Å²) in [6.07, 6.45) is -1.16. The molecule has 3 heterocycles. The lowest BCUT2D eigenvalue weighted by Crippen LogP contribution is -2.43. The molecule has 36 heavy (non-hydrogen) atoms. The highest BCUT2D eigenvalue weighted by Gasteiger charge is 2.56. The fourth-order valence-electron chi connectivity index (χ4n) is 4.05. The van der Waals surface area contributed by atoms with Crippen LogP contribution in [-0.4, -0.2) is 53.1 Å². The van der Waals surface area contributed by atoms with E-state index in [1.165, 1.54) is 16.8 Å². The Kier molecular flexibility index (Phi) is 9.30. The van der Waals surface area contributed by atoms with Gasteiger partial charge < -0.3 is 28.9 Å². The summed E-state index contributed by atoms with van der Waals surface area (Å²) >= 11 is 0.390. The standard InChI is InChI=1S/C22H28N2O11S/c1-22(2)32-18-16(13-28-10-11-30-36-35-34-27)31-20(19(18)33-22)23-9-8-17(25)24(21(23)26)14-29-12-15-6-4-3-5-7-15/h3-9,16,18-20,27H,10-14H2,1-2H3/p-1/t16-,18+,19?,20-/m1/s1. The molecule has 1 aromatic carbocycles. The molecule has 0 N–H and O–H groups in total. The van der Waals surface area contributed by atoms with Crippen molar-refractivity contribution in [1.82, 2.24) is 9.13 Å². The second kappa shape index (κ2) is 12.4. The van der Waals surface area contributed by atoms with Gasteiger partial charge in [0.05, 0.1) is 26.4 Å². The van der Waals surface area contributed by atoms with Crippen molar-refractivity contribution in [2.75, 3.05) is 19.8 Å². The molecule has 0 saturated carbocycles. The van der Waals surface area contributed by atoms with E-state index in [0.29, 0.717) is 12.3 Å². The molecule has 4 atom stereocenters. The van der Waals surface area contributed by atoms with Gasteiger partial charge in [-0.3, -0.25) is 18.6 Å². The van der Waals surface area contributed by atoms with Crippen LogP contribution in [0.3, 0.4) is 0 Å². The Hall–Kier alpha value is -2.11. The molecule has 0 aliphatic carbocycles. The Morgan fingerprint density at radius 3 is 2.61 bits per heavy atom. The molecule has 0 bridgehead atoms. The van der Waals surface area contributed by atoms with Crippen LogP contribution >= 0.6 is 12.3 Å². The molecule has 4 rings (SSSR count). The SMILES string of the molecule is CC1(C)OC2[C@@H](O1)[C@@H](COCCOSOO[O-])O[C@H]2n1ccc(=O)n(COCc2ccccc2)c1=O. The smallest absolute Gasteiger partial charge is 0.335 e. The topological polar surface area (TPSA) is 141 Å². The fourth-order valence-corrected chi connectivity index (χ4v) is 4.25. The van der Waals surface area contributed by atoms with E-state index in [0.717, 1.165) is 10.1 Å². The van der Waals surface area contributed by atoms with Crippen LogP contribution in [0, 0.1) is 0 Å². The summed E-state index contributed by atoms with van der Waals surface area (Å²) < 4.78 is 40.5. The Morgan fingerprint density at radius 1 is 1.06 bits per heavy atom. The third kappa shape index (κ3) is 6.60. The highest BCUT2D eigenvalue weighted by atomic mass is 32.2. The summed E-state index contributed by atoms with van der Waals surface area (Å²) in [6, 6.07) is 10.7. The zero-order valence-corrected chi connectivity index (χ0v) is 20.5. The first-order chi connectivity index (χ1) is 17.4. The number of nitrogens with zero attached hydrogens (tertiary/aromatic N) is 2. The number of hydrogen-bond donors (Lipinski definition) is 0. The van der Waals surface area contributed by atoms with Crippen molar-refractivity contribution in [3.05, 3.63) is 69.0 Å². The summed E-state index contributed by atoms with van der Waals surface area (Å²) in [5.74, 6) is -0.901. The van der Waals surface area contributed by atoms with Gasteiger partial charge in [-0.1, -0.05) is 30.3 Å². The quantitative estimate of drug-likeness (QED) is 0.154. The van der Waals surface area contributed by atoms with E-state index in [1.54, 1.807) is 13.8 Å². The molecule has 14 heteroatoms. The number of fused-ring (bicyclic) bond motifs is 1. The van der Waals surface area contributed by atoms with E-state index >= 15 is 0 Å². The minimum absolute atomic E-state index is 0.120. The number of rotatable bonds is 13. The molecule has 2 aromatic rings. The van der Waals surface area contributed by atoms with Gasteiger partial charge >= 0.3 is 5.69 Å². The summed E-state index contributed by atoms with van der Waals surface area (Å²) in [5.41, 5.74) is -0.173. The van der Waals surface area contributed by atoms with Crippen molar-refractivity contribution in [3.63, 3.8) is 0 Å². The normalized spacial score (nSPS) is 24.8. The van der Waals surface area contributed by atoms with E-state index in [9.17, 15) is 14.8 Å². The monoisotopic (exact) mass is 527 g/mol. The van der Waals surface area contributed by atoms with E-state index in [1.807, 2.05) is 30.3 Å². The van der Waals surface area contributed by atoms with E-state index in [4.69, 9.17) is 27.9 Å². The van der Waals surface area contributed by atoms with E-state index < -0.39 is 41.6 Å². The molecule has 198 valence electrons. The fraction of sp³-hybridized carbons (Fsp3) is 0.545. The van der Waals surface area contributed by atoms with Crippen molar-refractivity contribution in [2.45, 2.75) is 57.5 Å². The number of ether oxygens (including phenoxy) is 5. The zero-order valence-electron chi connectivity index (χ0n) is 19.7. The second-order valence-corrected chi connectivity index (χ2v) is 8.97. The van der Waals surface area contributed by atoms with Crippen LogP contribution in [0.1, 0.15) is 25.6 Å². The van der Waals surface area contributed by atoms with Gasteiger partial charge in [0.15, 0.2) is 24.3 Å². The predicted octanol–water partition coefficient (Wildman–Crippen LogP) is 0.422. The molecule has 13 nitrogen and oxygen atoms in total. The largest absolute Gasteiger partial charge is 0.691 e. The van der Waals surface area contributed by atoms with E-state index in [2.05, 4.69) is 9.37 Å². The van der Waals surface area contributed by atoms with Crippen molar-refractivity contribution in [3.8, 4) is 0 Å². The minimum Gasteiger partial charge on any atom is -0.691 e. The molecule has 0 amide bonds. The van der Waals surface area contributed by atoms with Crippen LogP contribution in [0.4, 0.5) is 0 Å². The van der Waals surface area contributed by atoms with Crippen LogP contribution < -0.4 is 16.5 Å². The second-order valence-electron chi connectivity index (χ2n) is 8.47. The Labute approximate surface area is 210 Å². The highest BCUT2D eigenvalue weighted by molar-refractivity contribution is 7.89. The lowest BCUT2D eigenvalue weighted by Gasteiger charge is -2.25. The lowest BCUT2D eigenvalue weighted by atomic mass is 10.1. The maximum Gasteiger partial charge on any atom is 0.335 e. The number of hydrogen-bond acceptors (Lipinski definition) is 12. The first-order valence-corrected chi connectivity index (χ1v) is 11.8. The van der Waals surface area contributed by atoms with Gasteiger partial charge in [-0.25, -0.2) is 9.36 Å². The third-order valence-corrected chi connectivity index (χ3v) is 5.90. The van der Waals surface area contributed by atoms with Gasteiger partial charge in [0, 0.05) is 12.3 Å². The van der Waals surface area contributed by atoms with Gasteiger partial charge in [-0.05, 0) is 19.4 Å². The van der Waals surface area contributed by atoms with Crippen LogP contribution in [0.25, 0.3) is 0 Å².